The average Bonchev–Trinajstić information content (AvgIpc) is 1.82. The third kappa shape index (κ3) is 4.32. The van der Waals surface area contributed by atoms with Gasteiger partial charge in [-0.15, -0.1) is 0 Å². The van der Waals surface area contributed by atoms with Gasteiger partial charge in [-0.3, -0.25) is 0 Å². The highest BCUT2D eigenvalue weighted by Crippen LogP contribution is 1.95. The van der Waals surface area contributed by atoms with Crippen LogP contribution in [-0.4, -0.2) is 18.7 Å². The molecule has 0 aromatic rings. The summed E-state index contributed by atoms with van der Waals surface area (Å²) in [4.78, 5) is 10.5. The third-order valence-electron chi connectivity index (χ3n) is 0.891. The number of ether oxygens (including phenoxy) is 1. The molecule has 0 aliphatic carbocycles. The summed E-state index contributed by atoms with van der Waals surface area (Å²) in [5, 5.41) is 10.4. The van der Waals surface area contributed by atoms with E-state index in [0.29, 0.717) is 12.5 Å². The zero-order chi connectivity index (χ0) is 8.15. The Hall–Kier alpha value is -0.570. The fraction of sp³-hybridized carbons (Fsp3) is 0.857. The molecule has 0 aromatic carbocycles. The zero-order valence-electron chi connectivity index (χ0n) is 6.59. The number of hydrogen-bond acceptors (Lipinski definition) is 2. The molecule has 0 N–H and O–H groups in total. The van der Waals surface area contributed by atoms with Gasteiger partial charge in [0, 0.05) is 0 Å². The Balaban J connectivity index is 3.40. The molecular formula is C7H13O3. The maximum atomic E-state index is 10.5. The molecule has 0 aliphatic rings. The minimum absolute atomic E-state index is 0.294. The summed E-state index contributed by atoms with van der Waals surface area (Å²) >= 11 is 0. The molecule has 59 valence electrons. The van der Waals surface area contributed by atoms with Gasteiger partial charge in [-0.1, -0.05) is 13.8 Å². The van der Waals surface area contributed by atoms with Crippen LogP contribution in [0.15, 0.2) is 0 Å². The zero-order valence-corrected chi connectivity index (χ0v) is 6.59. The predicted octanol–water partition coefficient (Wildman–Crippen LogP) is 1.00. The van der Waals surface area contributed by atoms with Crippen LogP contribution < -0.4 is 0 Å². The molecule has 1 atom stereocenters. The first-order chi connectivity index (χ1) is 4.54. The van der Waals surface area contributed by atoms with Crippen LogP contribution in [0.25, 0.3) is 0 Å². The molecule has 3 nitrogen and oxygen atoms in total. The first-order valence-corrected chi connectivity index (χ1v) is 3.36. The molecule has 3 heteroatoms. The average molecular weight is 145 g/mol. The van der Waals surface area contributed by atoms with E-state index in [1.807, 2.05) is 13.8 Å². The van der Waals surface area contributed by atoms with Crippen LogP contribution in [0.4, 0.5) is 0 Å². The summed E-state index contributed by atoms with van der Waals surface area (Å²) in [5.41, 5.74) is 0. The van der Waals surface area contributed by atoms with Gasteiger partial charge in [-0.2, -0.15) is 0 Å². The summed E-state index contributed by atoms with van der Waals surface area (Å²) in [6, 6.07) is 0. The van der Waals surface area contributed by atoms with Gasteiger partial charge in [0.15, 0.2) is 6.10 Å². The van der Waals surface area contributed by atoms with Gasteiger partial charge in [0.2, 0.25) is 0 Å². The first kappa shape index (κ1) is 9.43. The van der Waals surface area contributed by atoms with Crippen LogP contribution in [0.5, 0.6) is 0 Å². The Morgan fingerprint density at radius 1 is 1.40 bits per heavy atom. The van der Waals surface area contributed by atoms with E-state index in [2.05, 4.69) is 4.74 Å². The van der Waals surface area contributed by atoms with E-state index in [1.165, 1.54) is 6.92 Å². The lowest BCUT2D eigenvalue weighted by molar-refractivity contribution is -0.157. The lowest BCUT2D eigenvalue weighted by atomic mass is 10.2. The highest BCUT2D eigenvalue weighted by Gasteiger charge is 2.11. The van der Waals surface area contributed by atoms with Crippen molar-refractivity contribution in [1.29, 1.82) is 0 Å². The molecule has 0 spiro atoms. The quantitative estimate of drug-likeness (QED) is 0.556. The van der Waals surface area contributed by atoms with Crippen molar-refractivity contribution in [2.75, 3.05) is 6.61 Å². The smallest absolute Gasteiger partial charge is 0.338 e. The van der Waals surface area contributed by atoms with Crippen molar-refractivity contribution in [2.45, 2.75) is 26.9 Å². The van der Waals surface area contributed by atoms with Crippen molar-refractivity contribution < 1.29 is 14.6 Å². The maximum Gasteiger partial charge on any atom is 0.338 e. The lowest BCUT2D eigenvalue weighted by Crippen LogP contribution is -2.20. The van der Waals surface area contributed by atoms with Gasteiger partial charge >= 0.3 is 5.97 Å². The number of rotatable bonds is 3. The summed E-state index contributed by atoms with van der Waals surface area (Å²) in [5.74, 6) is -0.364. The number of carbonyl (C=O) groups excluding carboxylic acids is 1. The molecule has 10 heavy (non-hydrogen) atoms. The molecule has 0 fully saturated rings. The van der Waals surface area contributed by atoms with E-state index >= 15 is 0 Å². The topological polar surface area (TPSA) is 46.2 Å². The Morgan fingerprint density at radius 3 is 2.20 bits per heavy atom. The molecule has 0 heterocycles. The van der Waals surface area contributed by atoms with E-state index in [0.717, 1.165) is 0 Å². The van der Waals surface area contributed by atoms with Crippen LogP contribution in [-0.2, 0) is 14.6 Å². The molecular weight excluding hydrogens is 132 g/mol. The maximum absolute atomic E-state index is 10.5. The van der Waals surface area contributed by atoms with Crippen LogP contribution >= 0.6 is 0 Å². The summed E-state index contributed by atoms with van der Waals surface area (Å²) in [7, 11) is 0. The molecule has 1 unspecified atom stereocenters. The largest absolute Gasteiger partial charge is 0.463 e. The summed E-state index contributed by atoms with van der Waals surface area (Å²) in [6.07, 6.45) is -1.25. The minimum atomic E-state index is -1.25. The summed E-state index contributed by atoms with van der Waals surface area (Å²) in [6.45, 7) is 5.46. The van der Waals surface area contributed by atoms with Crippen LogP contribution in [0.3, 0.4) is 0 Å². The van der Waals surface area contributed by atoms with Gasteiger partial charge in [0.05, 0.1) is 6.61 Å². The Labute approximate surface area is 61.0 Å². The second-order valence-electron chi connectivity index (χ2n) is 2.67. The molecule has 0 bridgehead atoms. The van der Waals surface area contributed by atoms with Gasteiger partial charge in [0.1, 0.15) is 0 Å². The van der Waals surface area contributed by atoms with E-state index in [-0.39, 0.29) is 0 Å². The van der Waals surface area contributed by atoms with Crippen LogP contribution in [0, 0.1) is 5.92 Å². The fourth-order valence-corrected chi connectivity index (χ4v) is 0.366. The second-order valence-corrected chi connectivity index (χ2v) is 2.67. The van der Waals surface area contributed by atoms with Gasteiger partial charge in [0.25, 0.3) is 0 Å². The monoisotopic (exact) mass is 145 g/mol. The Kier molecular flexibility index (Phi) is 4.03. The highest BCUT2D eigenvalue weighted by molar-refractivity contribution is 5.73. The molecule has 1 radical (unpaired) electrons. The predicted molar refractivity (Wildman–Crippen MR) is 35.9 cm³/mol. The summed E-state index contributed by atoms with van der Waals surface area (Å²) < 4.78 is 4.61. The van der Waals surface area contributed by atoms with Gasteiger partial charge < -0.3 is 4.74 Å². The standard InChI is InChI=1S/C7H13O3/c1-5(2)4-10-7(9)6(3)8/h5-6H,4H2,1-3H3. The number of esters is 1. The van der Waals surface area contributed by atoms with Crippen molar-refractivity contribution in [2.24, 2.45) is 5.92 Å². The Bertz CT molecular complexity index is 107. The third-order valence-corrected chi connectivity index (χ3v) is 0.891. The molecule has 0 aliphatic heterocycles. The van der Waals surface area contributed by atoms with E-state index in [9.17, 15) is 9.90 Å². The van der Waals surface area contributed by atoms with Crippen molar-refractivity contribution in [3.8, 4) is 0 Å². The van der Waals surface area contributed by atoms with E-state index in [1.54, 1.807) is 0 Å². The van der Waals surface area contributed by atoms with Crippen molar-refractivity contribution in [3.05, 3.63) is 0 Å². The second kappa shape index (κ2) is 4.28. The molecule has 0 rings (SSSR count). The molecule has 0 aromatic heterocycles. The SMILES string of the molecule is CC(C)COC(=O)C(C)[O]. The molecule has 0 saturated carbocycles. The van der Waals surface area contributed by atoms with Crippen LogP contribution in [0.1, 0.15) is 20.8 Å². The lowest BCUT2D eigenvalue weighted by Gasteiger charge is -2.06. The van der Waals surface area contributed by atoms with Crippen molar-refractivity contribution in [3.63, 3.8) is 0 Å². The number of carbonyl (C=O) groups is 1. The Morgan fingerprint density at radius 2 is 1.90 bits per heavy atom. The van der Waals surface area contributed by atoms with Crippen molar-refractivity contribution >= 4 is 5.97 Å². The first-order valence-electron chi connectivity index (χ1n) is 3.36. The van der Waals surface area contributed by atoms with Gasteiger partial charge in [-0.25, -0.2) is 9.90 Å². The van der Waals surface area contributed by atoms with E-state index < -0.39 is 12.1 Å². The molecule has 0 amide bonds. The minimum Gasteiger partial charge on any atom is -0.463 e. The van der Waals surface area contributed by atoms with Crippen molar-refractivity contribution in [1.82, 2.24) is 0 Å². The van der Waals surface area contributed by atoms with Gasteiger partial charge in [-0.05, 0) is 12.8 Å². The number of hydrogen-bond donors (Lipinski definition) is 0. The highest BCUT2D eigenvalue weighted by atomic mass is 16.5. The van der Waals surface area contributed by atoms with Crippen LogP contribution in [0.2, 0.25) is 0 Å². The normalized spacial score (nSPS) is 13.3. The molecule has 0 saturated heterocycles. The van der Waals surface area contributed by atoms with E-state index in [4.69, 9.17) is 0 Å². The fourth-order valence-electron chi connectivity index (χ4n) is 0.366.